The van der Waals surface area contributed by atoms with Crippen molar-refractivity contribution in [1.82, 2.24) is 0 Å². The van der Waals surface area contributed by atoms with Gasteiger partial charge in [-0.15, -0.1) is 11.3 Å². The fourth-order valence-electron chi connectivity index (χ4n) is 2.43. The highest BCUT2D eigenvalue weighted by Crippen LogP contribution is 2.23. The molecule has 0 fully saturated rings. The van der Waals surface area contributed by atoms with Crippen LogP contribution in [0.25, 0.3) is 0 Å². The van der Waals surface area contributed by atoms with Gasteiger partial charge in [0.15, 0.2) is 6.61 Å². The first kappa shape index (κ1) is 20.7. The highest BCUT2D eigenvalue weighted by Gasteiger charge is 2.16. The molecule has 0 saturated heterocycles. The molecule has 0 radical (unpaired) electrons. The number of nitrogens with zero attached hydrogens (tertiary/aromatic N) is 1. The molecule has 0 bridgehead atoms. The summed E-state index contributed by atoms with van der Waals surface area (Å²) in [6.45, 7) is -0.609. The molecular weight excluding hydrogens is 410 g/mol. The molecule has 152 valence electrons. The predicted octanol–water partition coefficient (Wildman–Crippen LogP) is 3.70. The van der Waals surface area contributed by atoms with E-state index < -0.39 is 23.4 Å². The number of benzene rings is 2. The number of anilines is 2. The molecule has 3 aromatic rings. The number of thiophene rings is 1. The van der Waals surface area contributed by atoms with Crippen molar-refractivity contribution in [3.63, 3.8) is 0 Å². The number of esters is 1. The number of hydrogen-bond acceptors (Lipinski definition) is 7. The van der Waals surface area contributed by atoms with Gasteiger partial charge in [-0.2, -0.15) is 0 Å². The summed E-state index contributed by atoms with van der Waals surface area (Å²) in [6, 6.07) is 15.1. The van der Waals surface area contributed by atoms with Crippen LogP contribution in [0.1, 0.15) is 20.0 Å². The molecule has 0 unspecified atom stereocenters. The summed E-state index contributed by atoms with van der Waals surface area (Å²) >= 11 is 1.31. The first-order valence-corrected chi connectivity index (χ1v) is 9.47. The Kier molecular flexibility index (Phi) is 6.50. The summed E-state index contributed by atoms with van der Waals surface area (Å²) in [5.74, 6) is -1.71. The van der Waals surface area contributed by atoms with E-state index in [2.05, 4.69) is 10.6 Å². The Morgan fingerprint density at radius 1 is 0.967 bits per heavy atom. The van der Waals surface area contributed by atoms with Crippen LogP contribution in [0.3, 0.4) is 0 Å². The van der Waals surface area contributed by atoms with Crippen molar-refractivity contribution in [2.75, 3.05) is 17.2 Å². The molecule has 10 heteroatoms. The van der Waals surface area contributed by atoms with Crippen LogP contribution >= 0.6 is 11.3 Å². The van der Waals surface area contributed by atoms with Crippen molar-refractivity contribution in [2.24, 2.45) is 0 Å². The minimum absolute atomic E-state index is 0.00869. The van der Waals surface area contributed by atoms with E-state index in [-0.39, 0.29) is 22.8 Å². The molecule has 2 N–H and O–H groups in total. The molecular formula is C20H15N3O6S. The predicted molar refractivity (Wildman–Crippen MR) is 111 cm³/mol. The molecule has 2 aromatic carbocycles. The number of para-hydroxylation sites is 2. The van der Waals surface area contributed by atoms with Gasteiger partial charge in [0, 0.05) is 11.8 Å². The van der Waals surface area contributed by atoms with Crippen molar-refractivity contribution in [3.05, 3.63) is 86.6 Å². The van der Waals surface area contributed by atoms with Gasteiger partial charge in [0.05, 0.1) is 15.4 Å². The lowest BCUT2D eigenvalue weighted by Crippen LogP contribution is -2.21. The van der Waals surface area contributed by atoms with E-state index in [9.17, 15) is 24.5 Å². The largest absolute Gasteiger partial charge is 0.452 e. The average Bonchev–Trinajstić information content (AvgIpc) is 3.28. The fraction of sp³-hybridized carbons (Fsp3) is 0.0500. The van der Waals surface area contributed by atoms with Crippen LogP contribution in [0.15, 0.2) is 66.0 Å². The molecule has 0 saturated carbocycles. The Labute approximate surface area is 174 Å². The van der Waals surface area contributed by atoms with Gasteiger partial charge in [0.1, 0.15) is 5.69 Å². The summed E-state index contributed by atoms with van der Waals surface area (Å²) < 4.78 is 4.94. The Morgan fingerprint density at radius 2 is 1.70 bits per heavy atom. The van der Waals surface area contributed by atoms with Gasteiger partial charge in [-0.1, -0.05) is 18.2 Å². The lowest BCUT2D eigenvalue weighted by atomic mass is 10.2. The van der Waals surface area contributed by atoms with E-state index >= 15 is 0 Å². The lowest BCUT2D eigenvalue weighted by Gasteiger charge is -2.08. The van der Waals surface area contributed by atoms with Crippen molar-refractivity contribution in [3.8, 4) is 0 Å². The van der Waals surface area contributed by atoms with Crippen LogP contribution in [0.4, 0.5) is 17.1 Å². The Morgan fingerprint density at radius 3 is 2.37 bits per heavy atom. The monoisotopic (exact) mass is 425 g/mol. The standard InChI is InChI=1S/C20H15N3O6S/c24-18(22-15-4-1-2-5-16(15)23(27)28)12-29-20(26)13-7-9-14(10-8-13)21-19(25)17-6-3-11-30-17/h1-11H,12H2,(H,21,25)(H,22,24). The number of nitro benzene ring substituents is 1. The van der Waals surface area contributed by atoms with Crippen molar-refractivity contribution >= 4 is 46.2 Å². The van der Waals surface area contributed by atoms with Gasteiger partial charge in [0.25, 0.3) is 17.5 Å². The SMILES string of the molecule is O=C(COC(=O)c1ccc(NC(=O)c2cccs2)cc1)Nc1ccccc1[N+](=O)[O-]. The normalized spacial score (nSPS) is 10.1. The maximum absolute atomic E-state index is 12.1. The number of ether oxygens (including phenoxy) is 1. The number of amides is 2. The van der Waals surface area contributed by atoms with Crippen molar-refractivity contribution in [2.45, 2.75) is 0 Å². The van der Waals surface area contributed by atoms with Crippen LogP contribution in [0.5, 0.6) is 0 Å². The maximum atomic E-state index is 12.1. The molecule has 0 atom stereocenters. The molecule has 1 heterocycles. The fourth-order valence-corrected chi connectivity index (χ4v) is 3.05. The smallest absolute Gasteiger partial charge is 0.338 e. The van der Waals surface area contributed by atoms with Crippen molar-refractivity contribution < 1.29 is 24.0 Å². The quantitative estimate of drug-likeness (QED) is 0.337. The summed E-state index contributed by atoms with van der Waals surface area (Å²) in [4.78, 5) is 47.0. The highest BCUT2D eigenvalue weighted by atomic mass is 32.1. The molecule has 9 nitrogen and oxygen atoms in total. The summed E-state index contributed by atoms with van der Waals surface area (Å²) in [5, 5.41) is 17.8. The van der Waals surface area contributed by atoms with Gasteiger partial charge >= 0.3 is 5.97 Å². The van der Waals surface area contributed by atoms with Gasteiger partial charge < -0.3 is 15.4 Å². The van der Waals surface area contributed by atoms with Crippen LogP contribution in [-0.2, 0) is 9.53 Å². The van der Waals surface area contributed by atoms with Crippen molar-refractivity contribution in [1.29, 1.82) is 0 Å². The number of carbonyl (C=O) groups excluding carboxylic acids is 3. The Bertz CT molecular complexity index is 1080. The van der Waals surface area contributed by atoms with Gasteiger partial charge in [-0.05, 0) is 41.8 Å². The highest BCUT2D eigenvalue weighted by molar-refractivity contribution is 7.12. The molecule has 0 spiro atoms. The Hall–Kier alpha value is -4.05. The molecule has 2 amide bonds. The van der Waals surface area contributed by atoms with Crippen LogP contribution in [0, 0.1) is 10.1 Å². The third-order valence-corrected chi connectivity index (χ3v) is 4.70. The van der Waals surface area contributed by atoms with Gasteiger partial charge in [0.2, 0.25) is 0 Å². The second-order valence-electron chi connectivity index (χ2n) is 5.91. The van der Waals surface area contributed by atoms with Gasteiger partial charge in [-0.3, -0.25) is 19.7 Å². The molecule has 3 rings (SSSR count). The minimum Gasteiger partial charge on any atom is -0.452 e. The Balaban J connectivity index is 1.53. The molecule has 0 aliphatic heterocycles. The van der Waals surface area contributed by atoms with E-state index in [1.807, 2.05) is 0 Å². The number of nitro groups is 1. The van der Waals surface area contributed by atoms with E-state index in [4.69, 9.17) is 4.74 Å². The van der Waals surface area contributed by atoms with E-state index in [1.54, 1.807) is 17.5 Å². The molecule has 30 heavy (non-hydrogen) atoms. The zero-order valence-electron chi connectivity index (χ0n) is 15.4. The average molecular weight is 425 g/mol. The van der Waals surface area contributed by atoms with E-state index in [0.717, 1.165) is 0 Å². The van der Waals surface area contributed by atoms with Crippen LogP contribution in [-0.4, -0.2) is 29.3 Å². The van der Waals surface area contributed by atoms with Crippen LogP contribution in [0.2, 0.25) is 0 Å². The molecule has 1 aromatic heterocycles. The number of rotatable bonds is 7. The van der Waals surface area contributed by atoms with E-state index in [0.29, 0.717) is 10.6 Å². The lowest BCUT2D eigenvalue weighted by molar-refractivity contribution is -0.383. The van der Waals surface area contributed by atoms with E-state index in [1.165, 1.54) is 59.9 Å². The third kappa shape index (κ3) is 5.26. The zero-order chi connectivity index (χ0) is 21.5. The summed E-state index contributed by atoms with van der Waals surface area (Å²) in [7, 11) is 0. The molecule has 0 aliphatic rings. The first-order chi connectivity index (χ1) is 14.4. The van der Waals surface area contributed by atoms with Gasteiger partial charge in [-0.25, -0.2) is 4.79 Å². The minimum atomic E-state index is -0.746. The second-order valence-corrected chi connectivity index (χ2v) is 6.86. The molecule has 0 aliphatic carbocycles. The zero-order valence-corrected chi connectivity index (χ0v) is 16.2. The number of hydrogen-bond donors (Lipinski definition) is 2. The third-order valence-electron chi connectivity index (χ3n) is 3.83. The summed E-state index contributed by atoms with van der Waals surface area (Å²) in [6.07, 6.45) is 0. The number of carbonyl (C=O) groups is 3. The summed E-state index contributed by atoms with van der Waals surface area (Å²) in [5.41, 5.74) is 0.424. The second kappa shape index (κ2) is 9.43. The first-order valence-electron chi connectivity index (χ1n) is 8.59. The topological polar surface area (TPSA) is 128 Å². The maximum Gasteiger partial charge on any atom is 0.338 e. The number of nitrogens with one attached hydrogen (secondary N) is 2. The van der Waals surface area contributed by atoms with Crippen LogP contribution < -0.4 is 10.6 Å².